The van der Waals surface area contributed by atoms with Crippen molar-refractivity contribution in [2.45, 2.75) is 6.92 Å². The van der Waals surface area contributed by atoms with Crippen molar-refractivity contribution in [3.8, 4) is 6.01 Å². The van der Waals surface area contributed by atoms with Crippen LogP contribution >= 0.6 is 0 Å². The maximum absolute atomic E-state index is 8.11. The lowest BCUT2D eigenvalue weighted by atomic mass is 10.8. The van der Waals surface area contributed by atoms with E-state index in [0.717, 1.165) is 0 Å². The van der Waals surface area contributed by atoms with Crippen molar-refractivity contribution in [3.63, 3.8) is 0 Å². The number of anilines is 1. The van der Waals surface area contributed by atoms with Gasteiger partial charge in [-0.15, -0.1) is 0 Å². The molecule has 1 aromatic heterocycles. The van der Waals surface area contributed by atoms with Gasteiger partial charge >= 0.3 is 6.01 Å². The minimum atomic E-state index is -0.0987. The van der Waals surface area contributed by atoms with Crippen molar-refractivity contribution < 1.29 is 4.74 Å². The molecule has 8 heteroatoms. The highest BCUT2D eigenvalue weighted by Crippen LogP contribution is 2.10. The third-order valence-electron chi connectivity index (χ3n) is 1.03. The second-order valence-electron chi connectivity index (χ2n) is 1.90. The first kappa shape index (κ1) is 9.01. The molecular weight excluding hydrogens is 174 g/mol. The summed E-state index contributed by atoms with van der Waals surface area (Å²) in [7, 11) is 0. The molecule has 0 unspecified atom stereocenters. The van der Waals surface area contributed by atoms with E-state index in [-0.39, 0.29) is 17.9 Å². The van der Waals surface area contributed by atoms with Crippen LogP contribution in [0.5, 0.6) is 6.01 Å². The van der Waals surface area contributed by atoms with E-state index in [9.17, 15) is 0 Å². The highest BCUT2D eigenvalue weighted by atomic mass is 16.5. The highest BCUT2D eigenvalue weighted by molar-refractivity contribution is 5.27. The average molecular weight is 181 g/mol. The summed E-state index contributed by atoms with van der Waals surface area (Å²) in [4.78, 5) is 13.4. The molecule has 0 bridgehead atoms. The lowest BCUT2D eigenvalue weighted by Gasteiger charge is -2.00. The summed E-state index contributed by atoms with van der Waals surface area (Å²) in [6.07, 6.45) is 0. The van der Waals surface area contributed by atoms with Gasteiger partial charge in [0.05, 0.1) is 6.61 Å². The Morgan fingerprint density at radius 3 is 2.92 bits per heavy atom. The minimum absolute atomic E-state index is 0.0409. The van der Waals surface area contributed by atoms with Crippen LogP contribution in [0.15, 0.2) is 5.11 Å². The van der Waals surface area contributed by atoms with Gasteiger partial charge in [0.2, 0.25) is 11.9 Å². The van der Waals surface area contributed by atoms with E-state index in [1.54, 1.807) is 6.92 Å². The fourth-order valence-corrected chi connectivity index (χ4v) is 0.639. The first-order valence-electron chi connectivity index (χ1n) is 3.45. The number of nitrogen functional groups attached to an aromatic ring is 1. The fraction of sp³-hybridized carbons (Fsp3) is 0.400. The van der Waals surface area contributed by atoms with Crippen LogP contribution in [0.1, 0.15) is 6.92 Å². The van der Waals surface area contributed by atoms with Gasteiger partial charge in [0.15, 0.2) is 0 Å². The number of aromatic nitrogens is 3. The third kappa shape index (κ3) is 2.46. The van der Waals surface area contributed by atoms with Crippen LogP contribution in [0.25, 0.3) is 10.4 Å². The van der Waals surface area contributed by atoms with Gasteiger partial charge in [-0.25, -0.2) is 0 Å². The van der Waals surface area contributed by atoms with Gasteiger partial charge in [0.1, 0.15) is 0 Å². The molecule has 0 aliphatic carbocycles. The molecule has 0 spiro atoms. The zero-order valence-corrected chi connectivity index (χ0v) is 6.88. The van der Waals surface area contributed by atoms with Gasteiger partial charge in [-0.05, 0) is 17.6 Å². The Balaban J connectivity index is 3.03. The molecule has 8 nitrogen and oxygen atoms in total. The van der Waals surface area contributed by atoms with Crippen LogP contribution in [0, 0.1) is 0 Å². The van der Waals surface area contributed by atoms with E-state index < -0.39 is 0 Å². The summed E-state index contributed by atoms with van der Waals surface area (Å²) >= 11 is 0. The largest absolute Gasteiger partial charge is 0.464 e. The van der Waals surface area contributed by atoms with Gasteiger partial charge in [-0.3, -0.25) is 0 Å². The van der Waals surface area contributed by atoms with E-state index in [2.05, 4.69) is 25.0 Å². The molecular formula is C5H7N7O. The van der Waals surface area contributed by atoms with E-state index >= 15 is 0 Å². The molecule has 0 aliphatic heterocycles. The molecule has 0 saturated carbocycles. The van der Waals surface area contributed by atoms with Crippen LogP contribution < -0.4 is 10.5 Å². The molecule has 0 atom stereocenters. The maximum Gasteiger partial charge on any atom is 0.321 e. The SMILES string of the molecule is CCOc1nc(N)nc(N=[N+]=[N-])n1. The number of hydrogen-bond acceptors (Lipinski definition) is 6. The van der Waals surface area contributed by atoms with E-state index in [0.29, 0.717) is 6.61 Å². The first-order chi connectivity index (χ1) is 6.26. The lowest BCUT2D eigenvalue weighted by molar-refractivity contribution is 0.312. The van der Waals surface area contributed by atoms with E-state index in [4.69, 9.17) is 16.0 Å². The molecule has 0 radical (unpaired) electrons. The molecule has 0 aliphatic rings. The molecule has 1 heterocycles. The van der Waals surface area contributed by atoms with Crippen molar-refractivity contribution in [3.05, 3.63) is 10.4 Å². The quantitative estimate of drug-likeness (QED) is 0.419. The Kier molecular flexibility index (Phi) is 2.82. The number of ether oxygens (including phenoxy) is 1. The van der Waals surface area contributed by atoms with Crippen molar-refractivity contribution >= 4 is 11.9 Å². The Morgan fingerprint density at radius 1 is 1.54 bits per heavy atom. The fourth-order valence-electron chi connectivity index (χ4n) is 0.639. The summed E-state index contributed by atoms with van der Waals surface area (Å²) in [5.74, 6) is -0.140. The van der Waals surface area contributed by atoms with Gasteiger partial charge in [0.25, 0.3) is 0 Å². The highest BCUT2D eigenvalue weighted by Gasteiger charge is 2.02. The molecule has 1 aromatic rings. The Hall–Kier alpha value is -2.08. The topological polar surface area (TPSA) is 123 Å². The number of nitrogens with zero attached hydrogens (tertiary/aromatic N) is 6. The first-order valence-corrected chi connectivity index (χ1v) is 3.45. The van der Waals surface area contributed by atoms with Gasteiger partial charge in [-0.1, -0.05) is 0 Å². The predicted octanol–water partition coefficient (Wildman–Crippen LogP) is 0.794. The van der Waals surface area contributed by atoms with Crippen LogP contribution in [-0.4, -0.2) is 21.6 Å². The number of rotatable bonds is 3. The smallest absolute Gasteiger partial charge is 0.321 e. The standard InChI is InChI=1S/C5H7N7O/c1-2-13-5-9-3(6)8-4(10-5)11-12-7/h2H2,1H3,(H2,6,8,9,10). The Bertz CT molecular complexity index is 345. The third-order valence-corrected chi connectivity index (χ3v) is 1.03. The normalized spacial score (nSPS) is 9.00. The van der Waals surface area contributed by atoms with E-state index in [1.165, 1.54) is 0 Å². The van der Waals surface area contributed by atoms with Crippen LogP contribution in [0.4, 0.5) is 11.9 Å². The summed E-state index contributed by atoms with van der Waals surface area (Å²) < 4.78 is 4.95. The van der Waals surface area contributed by atoms with Crippen molar-refractivity contribution in [1.82, 2.24) is 15.0 Å². The molecule has 0 amide bonds. The summed E-state index contributed by atoms with van der Waals surface area (Å²) in [5, 5.41) is 3.17. The van der Waals surface area contributed by atoms with E-state index in [1.807, 2.05) is 0 Å². The average Bonchev–Trinajstić information content (AvgIpc) is 2.04. The number of azide groups is 1. The summed E-state index contributed by atoms with van der Waals surface area (Å²) in [5.41, 5.74) is 13.4. The minimum Gasteiger partial charge on any atom is -0.464 e. The second kappa shape index (κ2) is 4.07. The van der Waals surface area contributed by atoms with Crippen molar-refractivity contribution in [2.24, 2.45) is 5.11 Å². The van der Waals surface area contributed by atoms with Gasteiger partial charge < -0.3 is 10.5 Å². The van der Waals surface area contributed by atoms with Crippen LogP contribution in [0.3, 0.4) is 0 Å². The second-order valence-corrected chi connectivity index (χ2v) is 1.90. The molecule has 2 N–H and O–H groups in total. The number of hydrogen-bond donors (Lipinski definition) is 1. The predicted molar refractivity (Wildman–Crippen MR) is 44.2 cm³/mol. The monoisotopic (exact) mass is 181 g/mol. The molecule has 0 aromatic carbocycles. The van der Waals surface area contributed by atoms with Gasteiger partial charge in [0, 0.05) is 4.91 Å². The van der Waals surface area contributed by atoms with Crippen molar-refractivity contribution in [2.75, 3.05) is 12.3 Å². The lowest BCUT2D eigenvalue weighted by Crippen LogP contribution is -2.02. The zero-order valence-electron chi connectivity index (χ0n) is 6.88. The Morgan fingerprint density at radius 2 is 2.31 bits per heavy atom. The number of nitrogens with two attached hydrogens (primary N) is 1. The van der Waals surface area contributed by atoms with Crippen LogP contribution in [0.2, 0.25) is 0 Å². The maximum atomic E-state index is 8.11. The summed E-state index contributed by atoms with van der Waals surface area (Å²) in [6, 6.07) is 0.0531. The molecule has 13 heavy (non-hydrogen) atoms. The molecule has 0 saturated heterocycles. The molecule has 1 rings (SSSR count). The van der Waals surface area contributed by atoms with Crippen LogP contribution in [-0.2, 0) is 0 Å². The molecule has 68 valence electrons. The Labute approximate surface area is 73.4 Å². The molecule has 0 fully saturated rings. The van der Waals surface area contributed by atoms with Gasteiger partial charge in [-0.2, -0.15) is 15.0 Å². The summed E-state index contributed by atoms with van der Waals surface area (Å²) in [6.45, 7) is 2.17. The zero-order chi connectivity index (χ0) is 9.68. The van der Waals surface area contributed by atoms with Crippen molar-refractivity contribution in [1.29, 1.82) is 0 Å².